The molecule has 0 aliphatic rings. The zero-order chi connectivity index (χ0) is 18.4. The molecule has 4 nitrogen and oxygen atoms in total. The van der Waals surface area contributed by atoms with Crippen molar-refractivity contribution in [1.82, 2.24) is 0 Å². The van der Waals surface area contributed by atoms with Gasteiger partial charge in [0.25, 0.3) is 0 Å². The molecule has 0 rings (SSSR count). The van der Waals surface area contributed by atoms with Crippen LogP contribution in [0, 0.1) is 0 Å². The van der Waals surface area contributed by atoms with Gasteiger partial charge < -0.3 is 19.0 Å². The van der Waals surface area contributed by atoms with Gasteiger partial charge in [-0.15, -0.1) is 0 Å². The van der Waals surface area contributed by atoms with Crippen molar-refractivity contribution in [1.29, 1.82) is 0 Å². The first-order chi connectivity index (χ1) is 10.2. The molecule has 140 valence electrons. The van der Waals surface area contributed by atoms with Crippen LogP contribution in [0.5, 0.6) is 0 Å². The summed E-state index contributed by atoms with van der Waals surface area (Å²) in [5.41, 5.74) is 5.07. The van der Waals surface area contributed by atoms with Gasteiger partial charge in [-0.25, -0.2) is 0 Å². The average Bonchev–Trinajstić information content (AvgIpc) is 2.34. The fourth-order valence-corrected chi connectivity index (χ4v) is 3.71. The third-order valence-corrected chi connectivity index (χ3v) is 4.77. The maximum absolute atomic E-state index is 12.2. The molecule has 0 aromatic carbocycles. The highest BCUT2D eigenvalue weighted by atomic mass is 28.4. The molecule has 0 aliphatic heterocycles. The minimum atomic E-state index is -4.98. The molecule has 0 spiro atoms. The molecule has 0 fully saturated rings. The minimum absolute atomic E-state index is 0.213. The Morgan fingerprint density at radius 2 is 0.957 bits per heavy atom. The van der Waals surface area contributed by atoms with Gasteiger partial charge >= 0.3 is 27.3 Å². The Kier molecular flexibility index (Phi) is 8.29. The summed E-state index contributed by atoms with van der Waals surface area (Å²) in [6, 6.07) is -0.717. The predicted octanol–water partition coefficient (Wildman–Crippen LogP) is 3.01. The fourth-order valence-electron chi connectivity index (χ4n) is 1.24. The number of halogens is 9. The molecular weight excluding hydrogens is 369 g/mol. The summed E-state index contributed by atoms with van der Waals surface area (Å²) in [7, 11) is -4.89. The van der Waals surface area contributed by atoms with E-state index in [0.717, 1.165) is 0 Å². The minimum Gasteiger partial charge on any atom is -0.364 e. The van der Waals surface area contributed by atoms with E-state index < -0.39 is 53.2 Å². The van der Waals surface area contributed by atoms with Crippen molar-refractivity contribution in [2.75, 3.05) is 26.4 Å². The molecule has 23 heavy (non-hydrogen) atoms. The standard InChI is InChI=1S/C9H14F9NO3Si/c10-7(11,12)4-20-23(3-1-2-19,21-5-8(13,14)15)22-6-9(16,17)18/h1-6,19H2. The topological polar surface area (TPSA) is 53.7 Å². The summed E-state index contributed by atoms with van der Waals surface area (Å²) < 4.78 is 122. The van der Waals surface area contributed by atoms with Crippen LogP contribution >= 0.6 is 0 Å². The Hall–Kier alpha value is -0.573. The normalized spacial score (nSPS) is 14.3. The van der Waals surface area contributed by atoms with Crippen LogP contribution in [0.15, 0.2) is 0 Å². The van der Waals surface area contributed by atoms with Gasteiger partial charge in [-0.05, 0) is 13.0 Å². The van der Waals surface area contributed by atoms with E-state index in [1.807, 2.05) is 0 Å². The van der Waals surface area contributed by atoms with E-state index in [-0.39, 0.29) is 13.0 Å². The SMILES string of the molecule is NCCC[Si](OCC(F)(F)F)(OCC(F)(F)F)OCC(F)(F)F. The molecule has 0 radical (unpaired) electrons. The van der Waals surface area contributed by atoms with Crippen molar-refractivity contribution in [3.05, 3.63) is 0 Å². The van der Waals surface area contributed by atoms with E-state index in [9.17, 15) is 39.5 Å². The number of rotatable bonds is 9. The van der Waals surface area contributed by atoms with E-state index >= 15 is 0 Å². The van der Waals surface area contributed by atoms with Crippen LogP contribution in [0.4, 0.5) is 39.5 Å². The zero-order valence-electron chi connectivity index (χ0n) is 11.4. The third kappa shape index (κ3) is 12.5. The molecule has 0 saturated carbocycles. The molecule has 0 amide bonds. The first kappa shape index (κ1) is 22.4. The van der Waals surface area contributed by atoms with Gasteiger partial charge in [-0.2, -0.15) is 39.5 Å². The van der Waals surface area contributed by atoms with Crippen molar-refractivity contribution in [2.24, 2.45) is 5.73 Å². The lowest BCUT2D eigenvalue weighted by atomic mass is 10.5. The summed E-state index contributed by atoms with van der Waals surface area (Å²) in [6.07, 6.45) is -15.2. The molecule has 0 atom stereocenters. The number of hydrogen-bond acceptors (Lipinski definition) is 4. The van der Waals surface area contributed by atoms with E-state index in [2.05, 4.69) is 13.3 Å². The van der Waals surface area contributed by atoms with Crippen molar-refractivity contribution >= 4 is 8.80 Å². The first-order valence-corrected chi connectivity index (χ1v) is 7.93. The number of hydrogen-bond donors (Lipinski definition) is 1. The van der Waals surface area contributed by atoms with Crippen LogP contribution in [0.1, 0.15) is 6.42 Å². The number of alkyl halides is 9. The largest absolute Gasteiger partial charge is 0.501 e. The lowest BCUT2D eigenvalue weighted by molar-refractivity contribution is -0.194. The van der Waals surface area contributed by atoms with Crippen LogP contribution in [0.25, 0.3) is 0 Å². The molecule has 2 N–H and O–H groups in total. The Labute approximate surface area is 126 Å². The molecule has 14 heteroatoms. The van der Waals surface area contributed by atoms with E-state index in [0.29, 0.717) is 0 Å². The molecule has 0 saturated heterocycles. The predicted molar refractivity (Wildman–Crippen MR) is 60.3 cm³/mol. The maximum Gasteiger partial charge on any atom is 0.501 e. The van der Waals surface area contributed by atoms with Crippen molar-refractivity contribution in [3.63, 3.8) is 0 Å². The zero-order valence-corrected chi connectivity index (χ0v) is 12.4. The van der Waals surface area contributed by atoms with Gasteiger partial charge in [0.05, 0.1) is 0 Å². The Morgan fingerprint density at radius 3 is 1.17 bits per heavy atom. The molecule has 0 aromatic rings. The van der Waals surface area contributed by atoms with Gasteiger partial charge in [0.1, 0.15) is 19.8 Å². The second-order valence-electron chi connectivity index (χ2n) is 4.29. The maximum atomic E-state index is 12.2. The van der Waals surface area contributed by atoms with E-state index in [1.54, 1.807) is 0 Å². The van der Waals surface area contributed by atoms with Crippen molar-refractivity contribution < 1.29 is 52.8 Å². The summed E-state index contributed by atoms with van der Waals surface area (Å²) in [4.78, 5) is 0. The summed E-state index contributed by atoms with van der Waals surface area (Å²) >= 11 is 0. The first-order valence-electron chi connectivity index (χ1n) is 6.00. The van der Waals surface area contributed by atoms with E-state index in [1.165, 1.54) is 0 Å². The highest BCUT2D eigenvalue weighted by Gasteiger charge is 2.49. The Morgan fingerprint density at radius 1 is 0.652 bits per heavy atom. The van der Waals surface area contributed by atoms with Crippen LogP contribution in [0.2, 0.25) is 6.04 Å². The summed E-state index contributed by atoms with van der Waals surface area (Å²) in [5.74, 6) is 0. The molecule has 0 heterocycles. The molecule has 0 bridgehead atoms. The second-order valence-corrected chi connectivity index (χ2v) is 7.02. The van der Waals surface area contributed by atoms with Gasteiger partial charge in [0, 0.05) is 6.04 Å². The van der Waals surface area contributed by atoms with Crippen LogP contribution in [-0.4, -0.2) is 53.7 Å². The van der Waals surface area contributed by atoms with Crippen LogP contribution < -0.4 is 5.73 Å². The van der Waals surface area contributed by atoms with E-state index in [4.69, 9.17) is 5.73 Å². The number of nitrogens with two attached hydrogens (primary N) is 1. The molecular formula is C9H14F9NO3Si. The van der Waals surface area contributed by atoms with Gasteiger partial charge in [0.2, 0.25) is 0 Å². The van der Waals surface area contributed by atoms with Gasteiger partial charge in [-0.3, -0.25) is 0 Å². The smallest absolute Gasteiger partial charge is 0.364 e. The highest BCUT2D eigenvalue weighted by molar-refractivity contribution is 6.60. The van der Waals surface area contributed by atoms with Crippen molar-refractivity contribution in [3.8, 4) is 0 Å². The van der Waals surface area contributed by atoms with Gasteiger partial charge in [0.15, 0.2) is 0 Å². The molecule has 0 aromatic heterocycles. The Bertz CT molecular complexity index is 299. The quantitative estimate of drug-likeness (QED) is 0.491. The summed E-state index contributed by atoms with van der Waals surface area (Å²) in [5, 5.41) is 0. The average molecular weight is 383 g/mol. The lowest BCUT2D eigenvalue weighted by Gasteiger charge is -2.30. The van der Waals surface area contributed by atoms with Gasteiger partial charge in [-0.1, -0.05) is 0 Å². The van der Waals surface area contributed by atoms with Crippen LogP contribution in [-0.2, 0) is 13.3 Å². The lowest BCUT2D eigenvalue weighted by Crippen LogP contribution is -2.51. The Balaban J connectivity index is 5.16. The highest BCUT2D eigenvalue weighted by Crippen LogP contribution is 2.28. The monoisotopic (exact) mass is 383 g/mol. The summed E-state index contributed by atoms with van der Waals surface area (Å²) in [6.45, 7) is -6.51. The van der Waals surface area contributed by atoms with Crippen molar-refractivity contribution in [2.45, 2.75) is 31.0 Å². The van der Waals surface area contributed by atoms with Crippen LogP contribution in [0.3, 0.4) is 0 Å². The molecule has 0 unspecified atom stereocenters. The second kappa shape index (κ2) is 8.50. The third-order valence-electron chi connectivity index (χ3n) is 2.05. The molecule has 0 aliphatic carbocycles. The fraction of sp³-hybridized carbons (Fsp3) is 1.00.